The predicted octanol–water partition coefficient (Wildman–Crippen LogP) is 2.73. The number of fused-ring (bicyclic) bond motifs is 1. The lowest BCUT2D eigenvalue weighted by molar-refractivity contribution is 0.179. The SMILES string of the molecule is CC1c2ccccc2CN1C(=O)NC1CCCN(c2ncccn2)C1. The number of benzene rings is 1. The van der Waals surface area contributed by atoms with Gasteiger partial charge in [-0.1, -0.05) is 24.3 Å². The molecule has 2 atom stereocenters. The van der Waals surface area contributed by atoms with Crippen LogP contribution in [0.1, 0.15) is 36.9 Å². The van der Waals surface area contributed by atoms with Gasteiger partial charge >= 0.3 is 6.03 Å². The lowest BCUT2D eigenvalue weighted by Crippen LogP contribution is -2.51. The van der Waals surface area contributed by atoms with Crippen molar-refractivity contribution in [3.63, 3.8) is 0 Å². The molecule has 2 aliphatic rings. The normalized spacial score (nSPS) is 22.6. The molecule has 0 radical (unpaired) electrons. The van der Waals surface area contributed by atoms with E-state index in [1.807, 2.05) is 23.1 Å². The number of piperidine rings is 1. The van der Waals surface area contributed by atoms with E-state index in [-0.39, 0.29) is 18.1 Å². The minimum Gasteiger partial charge on any atom is -0.339 e. The van der Waals surface area contributed by atoms with Gasteiger partial charge in [0, 0.05) is 38.1 Å². The number of amides is 2. The Kier molecular flexibility index (Phi) is 4.26. The number of carbonyl (C=O) groups excluding carboxylic acids is 1. The molecule has 25 heavy (non-hydrogen) atoms. The molecule has 0 aliphatic carbocycles. The third kappa shape index (κ3) is 3.16. The lowest BCUT2D eigenvalue weighted by Gasteiger charge is -2.34. The summed E-state index contributed by atoms with van der Waals surface area (Å²) in [6, 6.07) is 10.4. The Balaban J connectivity index is 1.40. The molecule has 2 aromatic rings. The molecular formula is C19H23N5O. The molecule has 130 valence electrons. The Bertz CT molecular complexity index is 750. The van der Waals surface area contributed by atoms with Crippen LogP contribution in [0.25, 0.3) is 0 Å². The highest BCUT2D eigenvalue weighted by Crippen LogP contribution is 2.33. The maximum atomic E-state index is 12.8. The van der Waals surface area contributed by atoms with Crippen molar-refractivity contribution in [2.75, 3.05) is 18.0 Å². The fourth-order valence-corrected chi connectivity index (χ4v) is 3.81. The summed E-state index contributed by atoms with van der Waals surface area (Å²) < 4.78 is 0. The van der Waals surface area contributed by atoms with Gasteiger partial charge in [0.2, 0.25) is 5.95 Å². The summed E-state index contributed by atoms with van der Waals surface area (Å²) in [6.45, 7) is 4.46. The monoisotopic (exact) mass is 337 g/mol. The molecule has 4 rings (SSSR count). The van der Waals surface area contributed by atoms with Gasteiger partial charge in [0.05, 0.1) is 6.04 Å². The van der Waals surface area contributed by atoms with E-state index in [2.05, 4.69) is 39.2 Å². The number of hydrogen-bond donors (Lipinski definition) is 1. The molecule has 2 amide bonds. The topological polar surface area (TPSA) is 61.4 Å². The van der Waals surface area contributed by atoms with E-state index in [9.17, 15) is 4.79 Å². The van der Waals surface area contributed by atoms with Crippen LogP contribution >= 0.6 is 0 Å². The first-order chi connectivity index (χ1) is 12.2. The molecule has 0 bridgehead atoms. The Morgan fingerprint density at radius 2 is 2.00 bits per heavy atom. The second-order valence-corrected chi connectivity index (χ2v) is 6.79. The quantitative estimate of drug-likeness (QED) is 0.915. The van der Waals surface area contributed by atoms with Crippen molar-refractivity contribution < 1.29 is 4.79 Å². The zero-order valence-electron chi connectivity index (χ0n) is 14.4. The van der Waals surface area contributed by atoms with Gasteiger partial charge in [-0.3, -0.25) is 0 Å². The molecule has 3 heterocycles. The van der Waals surface area contributed by atoms with Crippen molar-refractivity contribution in [3.8, 4) is 0 Å². The van der Waals surface area contributed by atoms with E-state index >= 15 is 0 Å². The summed E-state index contributed by atoms with van der Waals surface area (Å²) in [5.74, 6) is 0.739. The van der Waals surface area contributed by atoms with Gasteiger partial charge in [-0.15, -0.1) is 0 Å². The molecule has 1 aromatic heterocycles. The number of rotatable bonds is 2. The summed E-state index contributed by atoms with van der Waals surface area (Å²) in [5.41, 5.74) is 2.49. The Morgan fingerprint density at radius 1 is 1.20 bits per heavy atom. The summed E-state index contributed by atoms with van der Waals surface area (Å²) in [7, 11) is 0. The van der Waals surface area contributed by atoms with Crippen LogP contribution in [0.2, 0.25) is 0 Å². The van der Waals surface area contributed by atoms with Crippen molar-refractivity contribution in [1.82, 2.24) is 20.2 Å². The van der Waals surface area contributed by atoms with Gasteiger partial charge in [0.15, 0.2) is 0 Å². The highest BCUT2D eigenvalue weighted by Gasteiger charge is 2.32. The number of carbonyl (C=O) groups is 1. The van der Waals surface area contributed by atoms with Gasteiger partial charge in [-0.2, -0.15) is 0 Å². The van der Waals surface area contributed by atoms with Crippen LogP contribution in [0.4, 0.5) is 10.7 Å². The summed E-state index contributed by atoms with van der Waals surface area (Å²) in [4.78, 5) is 25.5. The van der Waals surface area contributed by atoms with Crippen molar-refractivity contribution in [1.29, 1.82) is 0 Å². The standard InChI is InChI=1S/C19H23N5O/c1-14-17-8-3-2-6-15(17)12-24(14)19(25)22-16-7-4-11-23(13-16)18-20-9-5-10-21-18/h2-3,5-6,8-10,14,16H,4,7,11-13H2,1H3,(H,22,25). The third-order valence-electron chi connectivity index (χ3n) is 5.16. The van der Waals surface area contributed by atoms with Crippen molar-refractivity contribution in [2.45, 2.75) is 38.4 Å². The largest absolute Gasteiger partial charge is 0.339 e. The van der Waals surface area contributed by atoms with Gasteiger partial charge in [-0.05, 0) is 37.0 Å². The smallest absolute Gasteiger partial charge is 0.318 e. The van der Waals surface area contributed by atoms with E-state index in [0.29, 0.717) is 6.54 Å². The number of nitrogens with zero attached hydrogens (tertiary/aromatic N) is 4. The van der Waals surface area contributed by atoms with Gasteiger partial charge in [0.25, 0.3) is 0 Å². The molecule has 1 N–H and O–H groups in total. The first-order valence-electron chi connectivity index (χ1n) is 8.89. The first-order valence-corrected chi connectivity index (χ1v) is 8.89. The second-order valence-electron chi connectivity index (χ2n) is 6.79. The number of nitrogens with one attached hydrogen (secondary N) is 1. The minimum absolute atomic E-state index is 0.0181. The van der Waals surface area contributed by atoms with Crippen molar-refractivity contribution in [3.05, 3.63) is 53.9 Å². The van der Waals surface area contributed by atoms with Crippen LogP contribution in [0.5, 0.6) is 0 Å². The van der Waals surface area contributed by atoms with Gasteiger partial charge < -0.3 is 15.1 Å². The van der Waals surface area contributed by atoms with Crippen LogP contribution < -0.4 is 10.2 Å². The number of anilines is 1. The molecule has 6 nitrogen and oxygen atoms in total. The molecular weight excluding hydrogens is 314 g/mol. The molecule has 1 fully saturated rings. The van der Waals surface area contributed by atoms with Crippen LogP contribution in [-0.2, 0) is 6.54 Å². The summed E-state index contributed by atoms with van der Waals surface area (Å²) in [5, 5.41) is 3.22. The van der Waals surface area contributed by atoms with Crippen LogP contribution in [-0.4, -0.2) is 40.0 Å². The van der Waals surface area contributed by atoms with Gasteiger partial charge in [-0.25, -0.2) is 14.8 Å². The fraction of sp³-hybridized carbons (Fsp3) is 0.421. The molecule has 6 heteroatoms. The molecule has 2 unspecified atom stereocenters. The lowest BCUT2D eigenvalue weighted by atomic mass is 10.1. The average molecular weight is 337 g/mol. The highest BCUT2D eigenvalue weighted by atomic mass is 16.2. The Labute approximate surface area is 147 Å². The Hall–Kier alpha value is -2.63. The van der Waals surface area contributed by atoms with Crippen LogP contribution in [0.15, 0.2) is 42.7 Å². The summed E-state index contributed by atoms with van der Waals surface area (Å²) in [6.07, 6.45) is 5.53. The Morgan fingerprint density at radius 3 is 2.80 bits per heavy atom. The highest BCUT2D eigenvalue weighted by molar-refractivity contribution is 5.76. The zero-order chi connectivity index (χ0) is 17.2. The molecule has 1 saturated heterocycles. The van der Waals surface area contributed by atoms with E-state index in [0.717, 1.165) is 31.9 Å². The third-order valence-corrected chi connectivity index (χ3v) is 5.16. The number of hydrogen-bond acceptors (Lipinski definition) is 4. The molecule has 1 aromatic carbocycles. The van der Waals surface area contributed by atoms with E-state index < -0.39 is 0 Å². The second kappa shape index (κ2) is 6.70. The average Bonchev–Trinajstić information content (AvgIpc) is 3.00. The van der Waals surface area contributed by atoms with Crippen molar-refractivity contribution >= 4 is 12.0 Å². The fourth-order valence-electron chi connectivity index (χ4n) is 3.81. The van der Waals surface area contributed by atoms with Gasteiger partial charge in [0.1, 0.15) is 0 Å². The number of urea groups is 1. The maximum absolute atomic E-state index is 12.8. The maximum Gasteiger partial charge on any atom is 0.318 e. The van der Waals surface area contributed by atoms with E-state index in [1.54, 1.807) is 12.4 Å². The minimum atomic E-state index is 0.0181. The van der Waals surface area contributed by atoms with E-state index in [1.165, 1.54) is 11.1 Å². The molecule has 2 aliphatic heterocycles. The molecule has 0 spiro atoms. The van der Waals surface area contributed by atoms with Crippen LogP contribution in [0, 0.1) is 0 Å². The van der Waals surface area contributed by atoms with Crippen LogP contribution in [0.3, 0.4) is 0 Å². The summed E-state index contributed by atoms with van der Waals surface area (Å²) >= 11 is 0. The zero-order valence-corrected chi connectivity index (χ0v) is 14.4. The van der Waals surface area contributed by atoms with E-state index in [4.69, 9.17) is 0 Å². The predicted molar refractivity (Wildman–Crippen MR) is 96.2 cm³/mol. The first kappa shape index (κ1) is 15.9. The molecule has 0 saturated carbocycles. The number of aromatic nitrogens is 2. The van der Waals surface area contributed by atoms with Crippen molar-refractivity contribution in [2.24, 2.45) is 0 Å².